The fourth-order valence-corrected chi connectivity index (χ4v) is 16.3. The van der Waals surface area contributed by atoms with Gasteiger partial charge in [-0.15, -0.1) is 0 Å². The molecule has 0 bridgehead atoms. The monoisotopic (exact) mass is 873 g/mol. The van der Waals surface area contributed by atoms with Gasteiger partial charge in [0.25, 0.3) is 0 Å². The fourth-order valence-electron chi connectivity index (χ4n) is 8.90. The number of hydrogen-bond donors (Lipinski definition) is 4. The number of rotatable bonds is 34. The Bertz CT molecular complexity index is 876. The van der Waals surface area contributed by atoms with Gasteiger partial charge in [-0.1, -0.05) is 68.7 Å². The molecule has 0 radical (unpaired) electrons. The van der Waals surface area contributed by atoms with E-state index in [-0.39, 0.29) is 35.0 Å². The maximum atomic E-state index is 10.6. The minimum atomic E-state index is -3.81. The Morgan fingerprint density at radius 3 is 0.772 bits per heavy atom. The summed E-state index contributed by atoms with van der Waals surface area (Å²) in [5.74, 6) is 0.177. The molecular weight excluding hydrogens is 765 g/mol. The fraction of sp³-hybridized carbons (Fsp3) is 1.00. The van der Waals surface area contributed by atoms with Crippen molar-refractivity contribution >= 4 is 22.5 Å². The molecule has 0 fully saturated rings. The van der Waals surface area contributed by atoms with Gasteiger partial charge in [0.15, 0.2) is 0 Å². The Kier molecular flexibility index (Phi) is 40.6. The maximum absolute atomic E-state index is 10.6. The molecule has 0 saturated heterocycles. The Hall–Kier alpha value is 0.730. The molecule has 0 saturated carbocycles. The van der Waals surface area contributed by atoms with E-state index in [0.717, 1.165) is 12.8 Å². The second-order valence-corrected chi connectivity index (χ2v) is 29.4. The van der Waals surface area contributed by atoms with Crippen LogP contribution in [0, 0.1) is 22.7 Å². The van der Waals surface area contributed by atoms with E-state index >= 15 is 0 Å². The van der Waals surface area contributed by atoms with Gasteiger partial charge < -0.3 is 19.6 Å². The zero-order chi connectivity index (χ0) is 44.3. The molecule has 57 heavy (non-hydrogen) atoms. The topological polar surface area (TPSA) is 115 Å². The van der Waals surface area contributed by atoms with Crippen LogP contribution >= 0.6 is 22.5 Å². The first-order chi connectivity index (χ1) is 26.4. The van der Waals surface area contributed by atoms with Crippen LogP contribution in [0.5, 0.6) is 0 Å². The molecule has 0 aromatic heterocycles. The molecule has 350 valence electrons. The van der Waals surface area contributed by atoms with Gasteiger partial charge in [0.05, 0.1) is 12.3 Å². The average Bonchev–Trinajstić information content (AvgIpc) is 3.04. The van der Waals surface area contributed by atoms with Crippen molar-refractivity contribution in [2.75, 3.05) is 37.0 Å². The van der Waals surface area contributed by atoms with Crippen molar-refractivity contribution in [2.45, 2.75) is 250 Å². The molecule has 0 aliphatic carbocycles. The van der Waals surface area contributed by atoms with Gasteiger partial charge in [0, 0.05) is 0 Å². The van der Waals surface area contributed by atoms with E-state index < -0.39 is 22.5 Å². The molecule has 0 aliphatic heterocycles. The first-order valence-electron chi connectivity index (χ1n) is 24.5. The van der Waals surface area contributed by atoms with Crippen LogP contribution in [0.1, 0.15) is 250 Å². The molecule has 0 rings (SSSR count). The predicted octanol–water partition coefficient (Wildman–Crippen LogP) is 16.7. The van der Waals surface area contributed by atoms with E-state index in [0.29, 0.717) is 0 Å². The normalized spacial score (nSPS) is 14.0. The third kappa shape index (κ3) is 52.8. The summed E-state index contributed by atoms with van der Waals surface area (Å²) in [6.07, 6.45) is 44.0. The number of unbranched alkanes of at least 4 members (excludes halogenated alkanes) is 20. The summed E-state index contributed by atoms with van der Waals surface area (Å²) < 4.78 is 21.2. The van der Waals surface area contributed by atoms with Gasteiger partial charge in [-0.2, -0.15) is 0 Å². The molecule has 4 N–H and O–H groups in total. The average molecular weight is 873 g/mol. The summed E-state index contributed by atoms with van der Waals surface area (Å²) in [4.78, 5) is 34.8. The summed E-state index contributed by atoms with van der Waals surface area (Å²) in [6, 6.07) is 0. The second kappa shape index (κ2) is 37.3. The van der Waals surface area contributed by atoms with Gasteiger partial charge in [0.2, 0.25) is 0 Å². The molecular formula is C48H107O6P3. The van der Waals surface area contributed by atoms with Crippen LogP contribution < -0.4 is 0 Å². The van der Waals surface area contributed by atoms with Crippen molar-refractivity contribution in [3.63, 3.8) is 0 Å². The van der Waals surface area contributed by atoms with Crippen molar-refractivity contribution in [1.29, 1.82) is 0 Å². The van der Waals surface area contributed by atoms with Gasteiger partial charge in [-0.3, -0.25) is 9.13 Å². The Labute approximate surface area is 359 Å². The Morgan fingerprint density at radius 1 is 0.386 bits per heavy atom. The van der Waals surface area contributed by atoms with Gasteiger partial charge >= 0.3 is 216 Å². The van der Waals surface area contributed by atoms with Crippen LogP contribution in [0.25, 0.3) is 0 Å². The zero-order valence-electron chi connectivity index (χ0n) is 40.8. The van der Waals surface area contributed by atoms with Crippen molar-refractivity contribution < 1.29 is 28.7 Å². The molecule has 2 atom stereocenters. The quantitative estimate of drug-likeness (QED) is 0.0378. The van der Waals surface area contributed by atoms with Crippen LogP contribution in [0.4, 0.5) is 0 Å². The van der Waals surface area contributed by atoms with Crippen molar-refractivity contribution in [1.82, 2.24) is 0 Å². The van der Waals surface area contributed by atoms with Crippen molar-refractivity contribution in [3.8, 4) is 0 Å². The van der Waals surface area contributed by atoms with Crippen LogP contribution in [0.15, 0.2) is 0 Å². The predicted molar refractivity (Wildman–Crippen MR) is 262 cm³/mol. The molecule has 0 heterocycles. The van der Waals surface area contributed by atoms with E-state index in [1.54, 1.807) is 50.3 Å². The molecule has 6 nitrogen and oxygen atoms in total. The van der Waals surface area contributed by atoms with E-state index in [4.69, 9.17) is 19.6 Å². The summed E-state index contributed by atoms with van der Waals surface area (Å²) in [7, 11) is -8.66. The van der Waals surface area contributed by atoms with Gasteiger partial charge in [-0.05, 0) is 35.5 Å². The molecule has 0 aliphatic rings. The molecule has 0 aromatic carbocycles. The Balaban J connectivity index is -0.000000984. The van der Waals surface area contributed by atoms with Crippen molar-refractivity contribution in [2.24, 2.45) is 22.7 Å². The summed E-state index contributed by atoms with van der Waals surface area (Å²) in [5, 5.41) is 0. The van der Waals surface area contributed by atoms with Crippen LogP contribution in [-0.2, 0) is 9.13 Å². The van der Waals surface area contributed by atoms with Crippen molar-refractivity contribution in [3.05, 3.63) is 0 Å². The molecule has 0 amide bonds. The summed E-state index contributed by atoms with van der Waals surface area (Å²) >= 11 is 0. The second-order valence-electron chi connectivity index (χ2n) is 21.0. The summed E-state index contributed by atoms with van der Waals surface area (Å²) in [5.41, 5.74) is 0.295. The molecule has 0 spiro atoms. The summed E-state index contributed by atoms with van der Waals surface area (Å²) in [6.45, 7) is 25.6. The standard InChI is InChI=1S/C32H69P.2C8H19O3P/c1-5-9-13-17-18-19-20-21-22-23-24-28-32-33(29-25-14-10-6-2,30-26-15-11-7-3)31-27-16-12-8-4;2*1-7(5-8(2,3)4)6-12(9,10)11/h33H,5-32H2,1-4H3;2*7H,5-6H2,1-4H3,(H2,9,10,11). The van der Waals surface area contributed by atoms with Gasteiger partial charge in [-0.25, -0.2) is 0 Å². The molecule has 0 aromatic rings. The van der Waals surface area contributed by atoms with E-state index in [1.807, 2.05) is 13.8 Å². The third-order valence-electron chi connectivity index (χ3n) is 11.3. The first-order valence-corrected chi connectivity index (χ1v) is 31.0. The molecule has 2 unspecified atom stereocenters. The zero-order valence-corrected chi connectivity index (χ0v) is 43.6. The minimum absolute atomic E-state index is 0.00424. The third-order valence-corrected chi connectivity index (χ3v) is 19.1. The van der Waals surface area contributed by atoms with Crippen LogP contribution in [0.3, 0.4) is 0 Å². The van der Waals surface area contributed by atoms with E-state index in [9.17, 15) is 9.13 Å². The van der Waals surface area contributed by atoms with E-state index in [1.165, 1.54) is 128 Å². The number of hydrogen-bond acceptors (Lipinski definition) is 2. The first kappa shape index (κ1) is 62.0. The SMILES string of the molecule is CC(CC(C)(C)C)CP(=O)(O)O.CC(CC(C)(C)C)CP(=O)(O)O.CCCCCCCCCCCCCC[PH](CCCCCC)(CCCCCC)CCCCCC. The van der Waals surface area contributed by atoms with Crippen LogP contribution in [0.2, 0.25) is 0 Å². The van der Waals surface area contributed by atoms with Crippen LogP contribution in [-0.4, -0.2) is 56.5 Å². The Morgan fingerprint density at radius 2 is 0.579 bits per heavy atom. The van der Waals surface area contributed by atoms with E-state index in [2.05, 4.69) is 69.2 Å². The molecule has 9 heteroatoms. The van der Waals surface area contributed by atoms with Gasteiger partial charge in [0.1, 0.15) is 0 Å².